The van der Waals surface area contributed by atoms with Gasteiger partial charge in [0, 0.05) is 43.1 Å². The van der Waals surface area contributed by atoms with Gasteiger partial charge < -0.3 is 15.0 Å². The van der Waals surface area contributed by atoms with Crippen molar-refractivity contribution in [3.05, 3.63) is 58.1 Å². The van der Waals surface area contributed by atoms with Gasteiger partial charge in [0.2, 0.25) is 5.95 Å². The Bertz CT molecular complexity index is 1510. The molecule has 5 rings (SSSR count). The second kappa shape index (κ2) is 9.41. The van der Waals surface area contributed by atoms with Gasteiger partial charge in [0.25, 0.3) is 5.92 Å². The first-order valence-electron chi connectivity index (χ1n) is 12.0. The van der Waals surface area contributed by atoms with Gasteiger partial charge in [-0.3, -0.25) is 4.40 Å². The van der Waals surface area contributed by atoms with E-state index < -0.39 is 11.9 Å². The van der Waals surface area contributed by atoms with Crippen molar-refractivity contribution >= 4 is 45.8 Å². The van der Waals surface area contributed by atoms with Crippen molar-refractivity contribution in [1.29, 1.82) is 0 Å². The maximum Gasteiger partial charge on any atom is 0.358 e. The number of anilines is 2. The number of alkyl halides is 2. The van der Waals surface area contributed by atoms with Crippen molar-refractivity contribution in [3.8, 4) is 0 Å². The van der Waals surface area contributed by atoms with Crippen LogP contribution in [0.4, 0.5) is 20.4 Å². The molecule has 1 aliphatic rings. The summed E-state index contributed by atoms with van der Waals surface area (Å²) in [5.74, 6) is -2.69. The molecule has 1 aliphatic heterocycles. The first-order valence-corrected chi connectivity index (χ1v) is 12.4. The van der Waals surface area contributed by atoms with Crippen LogP contribution in [0.3, 0.4) is 0 Å². The molecule has 1 atom stereocenters. The average Bonchev–Trinajstić information content (AvgIpc) is 3.25. The van der Waals surface area contributed by atoms with Crippen molar-refractivity contribution in [3.63, 3.8) is 0 Å². The van der Waals surface area contributed by atoms with Crippen LogP contribution in [0.15, 0.2) is 30.5 Å². The summed E-state index contributed by atoms with van der Waals surface area (Å²) < 4.78 is 34.6. The van der Waals surface area contributed by atoms with E-state index in [0.29, 0.717) is 17.2 Å². The SMILES string of the molecule is COC(=O)c1nc(Cl)ccc1N[C@H](C)c1cc(C)cc2c1nc(N1CCC(F)(F)CC1)n1cc(C)nc21. The number of piperidine rings is 1. The molecule has 1 N–H and O–H groups in total. The number of nitrogens with one attached hydrogen (secondary N) is 1. The topological polar surface area (TPSA) is 84.6 Å². The lowest BCUT2D eigenvalue weighted by atomic mass is 10.0. The van der Waals surface area contributed by atoms with Gasteiger partial charge in [-0.2, -0.15) is 0 Å². The summed E-state index contributed by atoms with van der Waals surface area (Å²) in [6.07, 6.45) is 1.44. The fourth-order valence-corrected chi connectivity index (χ4v) is 4.95. The smallest absolute Gasteiger partial charge is 0.358 e. The first kappa shape index (κ1) is 25.1. The van der Waals surface area contributed by atoms with E-state index in [1.807, 2.05) is 48.4 Å². The van der Waals surface area contributed by atoms with Crippen LogP contribution < -0.4 is 10.2 Å². The predicted octanol–water partition coefficient (Wildman–Crippen LogP) is 5.74. The highest BCUT2D eigenvalue weighted by atomic mass is 35.5. The minimum atomic E-state index is -2.66. The van der Waals surface area contributed by atoms with Crippen molar-refractivity contribution in [2.24, 2.45) is 0 Å². The minimum absolute atomic E-state index is 0.0768. The zero-order valence-electron chi connectivity index (χ0n) is 21.0. The number of ether oxygens (including phenoxy) is 1. The van der Waals surface area contributed by atoms with Crippen LogP contribution in [0.25, 0.3) is 16.6 Å². The van der Waals surface area contributed by atoms with E-state index in [4.69, 9.17) is 26.3 Å². The van der Waals surface area contributed by atoms with E-state index in [2.05, 4.69) is 10.3 Å². The number of aryl methyl sites for hydroxylation is 2. The number of carbonyl (C=O) groups excluding carboxylic acids is 1. The maximum atomic E-state index is 13.9. The summed E-state index contributed by atoms with van der Waals surface area (Å²) in [4.78, 5) is 28.1. The van der Waals surface area contributed by atoms with Crippen molar-refractivity contribution in [2.75, 3.05) is 30.4 Å². The van der Waals surface area contributed by atoms with E-state index in [9.17, 15) is 13.6 Å². The van der Waals surface area contributed by atoms with E-state index in [0.717, 1.165) is 27.9 Å². The van der Waals surface area contributed by atoms with Crippen LogP contribution in [0.1, 0.15) is 53.1 Å². The molecule has 4 aromatic rings. The van der Waals surface area contributed by atoms with Crippen LogP contribution in [-0.4, -0.2) is 51.4 Å². The van der Waals surface area contributed by atoms with Gasteiger partial charge in [-0.1, -0.05) is 17.7 Å². The summed E-state index contributed by atoms with van der Waals surface area (Å²) in [5, 5.41) is 4.38. The maximum absolute atomic E-state index is 13.9. The second-order valence-electron chi connectivity index (χ2n) is 9.47. The molecule has 1 fully saturated rings. The van der Waals surface area contributed by atoms with Gasteiger partial charge in [0.1, 0.15) is 10.8 Å². The third-order valence-electron chi connectivity index (χ3n) is 6.63. The van der Waals surface area contributed by atoms with Crippen LogP contribution in [0.2, 0.25) is 5.15 Å². The minimum Gasteiger partial charge on any atom is -0.464 e. The molecule has 3 aromatic heterocycles. The number of carbonyl (C=O) groups is 1. The Morgan fingerprint density at radius 3 is 2.59 bits per heavy atom. The molecule has 0 amide bonds. The zero-order valence-corrected chi connectivity index (χ0v) is 21.7. The molecule has 37 heavy (non-hydrogen) atoms. The lowest BCUT2D eigenvalue weighted by Gasteiger charge is -2.33. The summed E-state index contributed by atoms with van der Waals surface area (Å²) in [6, 6.07) is 7.01. The number of methoxy groups -OCH3 is 1. The Balaban J connectivity index is 1.63. The first-order chi connectivity index (χ1) is 17.6. The molecular weight excluding hydrogens is 502 g/mol. The number of benzene rings is 1. The monoisotopic (exact) mass is 528 g/mol. The standard InChI is InChI=1S/C26H27ClF2N6O2/c1-14-11-17(16(3)31-19-5-6-20(27)32-22(19)24(36)37-4)21-18(12-14)23-30-15(2)13-35(23)25(33-21)34-9-7-26(28,29)8-10-34/h5-6,11-13,16,31H,7-10H2,1-4H3/t16-/m1/s1. The number of nitrogens with zero attached hydrogens (tertiary/aromatic N) is 5. The number of hydrogen-bond donors (Lipinski definition) is 1. The van der Waals surface area contributed by atoms with E-state index in [1.54, 1.807) is 12.1 Å². The number of aromatic nitrogens is 4. The molecule has 1 aromatic carbocycles. The molecule has 0 unspecified atom stereocenters. The summed E-state index contributed by atoms with van der Waals surface area (Å²) in [7, 11) is 1.28. The van der Waals surface area contributed by atoms with E-state index >= 15 is 0 Å². The predicted molar refractivity (Wildman–Crippen MR) is 139 cm³/mol. The fraction of sp³-hybridized carbons (Fsp3) is 0.385. The van der Waals surface area contributed by atoms with Gasteiger partial charge in [-0.15, -0.1) is 0 Å². The number of hydrogen-bond acceptors (Lipinski definition) is 7. The molecule has 11 heteroatoms. The number of halogens is 3. The molecule has 0 aliphatic carbocycles. The second-order valence-corrected chi connectivity index (χ2v) is 9.86. The van der Waals surface area contributed by atoms with Crippen LogP contribution in [0.5, 0.6) is 0 Å². The number of pyridine rings is 1. The number of fused-ring (bicyclic) bond motifs is 3. The Hall–Kier alpha value is -3.53. The van der Waals surface area contributed by atoms with Crippen molar-refractivity contribution in [1.82, 2.24) is 19.4 Å². The Morgan fingerprint density at radius 2 is 1.89 bits per heavy atom. The summed E-state index contributed by atoms with van der Waals surface area (Å²) in [5.41, 5.74) is 4.65. The zero-order chi connectivity index (χ0) is 26.5. The van der Waals surface area contributed by atoms with Crippen LogP contribution in [0, 0.1) is 13.8 Å². The number of esters is 1. The van der Waals surface area contributed by atoms with Gasteiger partial charge in [0.05, 0.1) is 30.0 Å². The fourth-order valence-electron chi connectivity index (χ4n) is 4.80. The largest absolute Gasteiger partial charge is 0.464 e. The summed E-state index contributed by atoms with van der Waals surface area (Å²) >= 11 is 6.02. The lowest BCUT2D eigenvalue weighted by Crippen LogP contribution is -2.40. The third kappa shape index (κ3) is 4.77. The molecule has 4 heterocycles. The molecule has 0 saturated carbocycles. The van der Waals surface area contributed by atoms with Gasteiger partial charge in [-0.05, 0) is 44.5 Å². The molecule has 0 radical (unpaired) electrons. The van der Waals surface area contributed by atoms with E-state index in [1.165, 1.54) is 7.11 Å². The molecule has 0 bridgehead atoms. The van der Waals surface area contributed by atoms with Crippen LogP contribution >= 0.6 is 11.6 Å². The highest BCUT2D eigenvalue weighted by molar-refractivity contribution is 6.29. The van der Waals surface area contributed by atoms with E-state index in [-0.39, 0.29) is 42.8 Å². The molecule has 8 nitrogen and oxygen atoms in total. The molecule has 194 valence electrons. The number of imidazole rings is 1. The lowest BCUT2D eigenvalue weighted by molar-refractivity contribution is -0.0222. The number of rotatable bonds is 5. The van der Waals surface area contributed by atoms with Crippen LogP contribution in [-0.2, 0) is 4.74 Å². The van der Waals surface area contributed by atoms with Gasteiger partial charge in [-0.25, -0.2) is 28.5 Å². The summed E-state index contributed by atoms with van der Waals surface area (Å²) in [6.45, 7) is 6.24. The Morgan fingerprint density at radius 1 is 1.16 bits per heavy atom. The van der Waals surface area contributed by atoms with Crippen molar-refractivity contribution < 1.29 is 18.3 Å². The molecule has 1 saturated heterocycles. The molecule has 0 spiro atoms. The van der Waals surface area contributed by atoms with Gasteiger partial charge in [0.15, 0.2) is 5.69 Å². The normalized spacial score (nSPS) is 16.2. The Labute approximate surface area is 217 Å². The average molecular weight is 529 g/mol. The Kier molecular flexibility index (Phi) is 6.39. The quantitative estimate of drug-likeness (QED) is 0.261. The third-order valence-corrected chi connectivity index (χ3v) is 6.85. The molecular formula is C26H27ClF2N6O2. The van der Waals surface area contributed by atoms with Crippen molar-refractivity contribution in [2.45, 2.75) is 45.6 Å². The van der Waals surface area contributed by atoms with Gasteiger partial charge >= 0.3 is 5.97 Å². The highest BCUT2D eigenvalue weighted by Crippen LogP contribution is 2.35. The highest BCUT2D eigenvalue weighted by Gasteiger charge is 2.35.